The van der Waals surface area contributed by atoms with Crippen LogP contribution in [0, 0.1) is 5.82 Å². The third kappa shape index (κ3) is 6.42. The van der Waals surface area contributed by atoms with Crippen molar-refractivity contribution >= 4 is 22.9 Å². The molecule has 0 spiro atoms. The van der Waals surface area contributed by atoms with Crippen molar-refractivity contribution in [2.75, 3.05) is 0 Å². The number of esters is 2. The first-order valence-corrected chi connectivity index (χ1v) is 13.2. The quantitative estimate of drug-likeness (QED) is 0.146. The standard InChI is InChI=1S/C33H28FNO7/c1-20(36)40-30-12-5-3-10-28(30)38-18-22-14-24-16-25(19-39-29-11-4-6-13-31(29)41-21(2)37)42-33(24)27(15-22)26-9-7-8-23(17-35)32(26)34/h3-16H,17-19,35H2,1-2H3. The van der Waals surface area contributed by atoms with Gasteiger partial charge in [-0.15, -0.1) is 0 Å². The van der Waals surface area contributed by atoms with Crippen LogP contribution in [0.25, 0.3) is 22.1 Å². The van der Waals surface area contributed by atoms with Gasteiger partial charge in [0.15, 0.2) is 23.0 Å². The maximum absolute atomic E-state index is 15.5. The number of hydrogen-bond donors (Lipinski definition) is 1. The monoisotopic (exact) mass is 569 g/mol. The Morgan fingerprint density at radius 2 is 1.33 bits per heavy atom. The fraction of sp³-hybridized carbons (Fsp3) is 0.152. The number of nitrogens with two attached hydrogens (primary N) is 1. The number of benzene rings is 4. The third-order valence-electron chi connectivity index (χ3n) is 6.29. The van der Waals surface area contributed by atoms with Crippen molar-refractivity contribution in [3.63, 3.8) is 0 Å². The van der Waals surface area contributed by atoms with E-state index >= 15 is 4.39 Å². The van der Waals surface area contributed by atoms with Gasteiger partial charge in [0.25, 0.3) is 0 Å². The van der Waals surface area contributed by atoms with Gasteiger partial charge in [0, 0.05) is 42.5 Å². The van der Waals surface area contributed by atoms with Crippen LogP contribution in [-0.2, 0) is 29.3 Å². The summed E-state index contributed by atoms with van der Waals surface area (Å²) in [5, 5.41) is 0.698. The first kappa shape index (κ1) is 28.4. The normalized spacial score (nSPS) is 10.9. The Bertz CT molecular complexity index is 1760. The molecule has 1 heterocycles. The highest BCUT2D eigenvalue weighted by Gasteiger charge is 2.18. The number of furan rings is 1. The number of rotatable bonds is 10. The van der Waals surface area contributed by atoms with E-state index in [1.54, 1.807) is 78.9 Å². The minimum atomic E-state index is -0.466. The van der Waals surface area contributed by atoms with E-state index in [2.05, 4.69) is 0 Å². The number of para-hydroxylation sites is 4. The smallest absolute Gasteiger partial charge is 0.308 e. The summed E-state index contributed by atoms with van der Waals surface area (Å²) < 4.78 is 44.1. The molecule has 5 rings (SSSR count). The van der Waals surface area contributed by atoms with Crippen LogP contribution in [0.5, 0.6) is 23.0 Å². The van der Waals surface area contributed by atoms with E-state index in [-0.39, 0.29) is 25.5 Å². The molecule has 0 saturated carbocycles. The molecule has 5 aromatic rings. The molecule has 0 unspecified atom stereocenters. The van der Waals surface area contributed by atoms with Crippen molar-refractivity contribution in [3.05, 3.63) is 108 Å². The molecule has 2 N–H and O–H groups in total. The first-order chi connectivity index (χ1) is 20.3. The third-order valence-corrected chi connectivity index (χ3v) is 6.29. The van der Waals surface area contributed by atoms with E-state index in [1.807, 2.05) is 6.07 Å². The lowest BCUT2D eigenvalue weighted by atomic mass is 9.98. The molecule has 0 atom stereocenters. The van der Waals surface area contributed by atoms with Gasteiger partial charge in [-0.1, -0.05) is 42.5 Å². The van der Waals surface area contributed by atoms with Crippen molar-refractivity contribution < 1.29 is 37.3 Å². The Balaban J connectivity index is 1.50. The van der Waals surface area contributed by atoms with Crippen molar-refractivity contribution in [1.29, 1.82) is 0 Å². The highest BCUT2D eigenvalue weighted by atomic mass is 19.1. The molecule has 8 nitrogen and oxygen atoms in total. The Morgan fingerprint density at radius 3 is 1.93 bits per heavy atom. The van der Waals surface area contributed by atoms with E-state index in [1.165, 1.54) is 13.8 Å². The largest absolute Gasteiger partial charge is 0.485 e. The zero-order chi connectivity index (χ0) is 29.6. The number of carbonyl (C=O) groups excluding carboxylic acids is 2. The number of fused-ring (bicyclic) bond motifs is 1. The molecule has 0 saturated heterocycles. The molecule has 214 valence electrons. The van der Waals surface area contributed by atoms with Crippen LogP contribution in [0.1, 0.15) is 30.7 Å². The fourth-order valence-corrected chi connectivity index (χ4v) is 4.50. The van der Waals surface area contributed by atoms with Crippen LogP contribution in [0.15, 0.2) is 89.3 Å². The zero-order valence-electron chi connectivity index (χ0n) is 23.0. The van der Waals surface area contributed by atoms with Crippen molar-refractivity contribution in [1.82, 2.24) is 0 Å². The van der Waals surface area contributed by atoms with Gasteiger partial charge in [-0.3, -0.25) is 9.59 Å². The molecular weight excluding hydrogens is 541 g/mol. The number of carbonyl (C=O) groups is 2. The summed E-state index contributed by atoms with van der Waals surface area (Å²) in [4.78, 5) is 23.0. The van der Waals surface area contributed by atoms with E-state index in [0.717, 1.165) is 5.56 Å². The molecule has 0 aliphatic carbocycles. The molecule has 42 heavy (non-hydrogen) atoms. The molecule has 0 aliphatic rings. The predicted molar refractivity (Wildman–Crippen MR) is 154 cm³/mol. The summed E-state index contributed by atoms with van der Waals surface area (Å²) in [5.41, 5.74) is 8.16. The molecular formula is C33H28FNO7. The lowest BCUT2D eigenvalue weighted by Gasteiger charge is -2.13. The second-order valence-corrected chi connectivity index (χ2v) is 9.42. The summed E-state index contributed by atoms with van der Waals surface area (Å²) in [6.45, 7) is 2.80. The number of halogens is 1. The highest BCUT2D eigenvalue weighted by Crippen LogP contribution is 2.36. The van der Waals surface area contributed by atoms with Gasteiger partial charge < -0.3 is 29.1 Å². The van der Waals surface area contributed by atoms with Gasteiger partial charge in [-0.25, -0.2) is 4.39 Å². The van der Waals surface area contributed by atoms with Crippen LogP contribution in [0.3, 0.4) is 0 Å². The van der Waals surface area contributed by atoms with E-state index in [4.69, 9.17) is 29.1 Å². The Hall–Kier alpha value is -5.15. The van der Waals surface area contributed by atoms with E-state index in [0.29, 0.717) is 50.7 Å². The average molecular weight is 570 g/mol. The number of hydrogen-bond acceptors (Lipinski definition) is 8. The average Bonchev–Trinajstić information content (AvgIpc) is 3.38. The van der Waals surface area contributed by atoms with E-state index in [9.17, 15) is 9.59 Å². The van der Waals surface area contributed by atoms with Gasteiger partial charge in [0.1, 0.15) is 30.4 Å². The molecule has 0 fully saturated rings. The van der Waals surface area contributed by atoms with Crippen LogP contribution >= 0.6 is 0 Å². The van der Waals surface area contributed by atoms with Gasteiger partial charge in [-0.2, -0.15) is 0 Å². The summed E-state index contributed by atoms with van der Waals surface area (Å²) >= 11 is 0. The first-order valence-electron chi connectivity index (χ1n) is 13.2. The van der Waals surface area contributed by atoms with Gasteiger partial charge in [0.2, 0.25) is 0 Å². The summed E-state index contributed by atoms with van der Waals surface area (Å²) in [6.07, 6.45) is 0. The molecule has 0 radical (unpaired) electrons. The second kappa shape index (κ2) is 12.6. The van der Waals surface area contributed by atoms with Crippen LogP contribution in [-0.4, -0.2) is 11.9 Å². The summed E-state index contributed by atoms with van der Waals surface area (Å²) in [7, 11) is 0. The molecule has 1 aromatic heterocycles. The van der Waals surface area contributed by atoms with Crippen molar-refractivity contribution in [2.24, 2.45) is 5.73 Å². The van der Waals surface area contributed by atoms with E-state index < -0.39 is 17.8 Å². The predicted octanol–water partition coefficient (Wildman–Crippen LogP) is 6.71. The second-order valence-electron chi connectivity index (χ2n) is 9.42. The Morgan fingerprint density at radius 1 is 0.738 bits per heavy atom. The topological polar surface area (TPSA) is 110 Å². The van der Waals surface area contributed by atoms with Crippen LogP contribution in [0.2, 0.25) is 0 Å². The van der Waals surface area contributed by atoms with Crippen molar-refractivity contribution in [3.8, 4) is 34.1 Å². The molecule has 9 heteroatoms. The minimum Gasteiger partial charge on any atom is -0.485 e. The van der Waals surface area contributed by atoms with Crippen LogP contribution in [0.4, 0.5) is 4.39 Å². The van der Waals surface area contributed by atoms with Gasteiger partial charge in [0.05, 0.1) is 0 Å². The Labute approximate surface area is 241 Å². The number of ether oxygens (including phenoxy) is 4. The zero-order valence-corrected chi connectivity index (χ0v) is 23.0. The lowest BCUT2D eigenvalue weighted by Crippen LogP contribution is -2.04. The van der Waals surface area contributed by atoms with Crippen LogP contribution < -0.4 is 24.7 Å². The maximum atomic E-state index is 15.5. The van der Waals surface area contributed by atoms with Gasteiger partial charge in [-0.05, 0) is 48.0 Å². The molecule has 0 aliphatic heterocycles. The summed E-state index contributed by atoms with van der Waals surface area (Å²) in [6, 6.07) is 24.2. The van der Waals surface area contributed by atoms with Crippen molar-refractivity contribution in [2.45, 2.75) is 33.6 Å². The molecule has 0 amide bonds. The minimum absolute atomic E-state index is 0.0271. The summed E-state index contributed by atoms with van der Waals surface area (Å²) in [5.74, 6) is 0.441. The maximum Gasteiger partial charge on any atom is 0.308 e. The Kier molecular flexibility index (Phi) is 8.50. The highest BCUT2D eigenvalue weighted by molar-refractivity contribution is 5.94. The fourth-order valence-electron chi connectivity index (χ4n) is 4.50. The SMILES string of the molecule is CC(=O)Oc1ccccc1OCc1cc(-c2cccc(CN)c2F)c2oc(COc3ccccc3OC(C)=O)cc2c1. The molecule has 0 bridgehead atoms. The van der Waals surface area contributed by atoms with Gasteiger partial charge >= 0.3 is 11.9 Å². The lowest BCUT2D eigenvalue weighted by molar-refractivity contribution is -0.133. The molecule has 4 aromatic carbocycles.